The molecule has 0 saturated carbocycles. The Morgan fingerprint density at radius 1 is 1.24 bits per heavy atom. The van der Waals surface area contributed by atoms with Gasteiger partial charge in [-0.25, -0.2) is 19.1 Å². The number of ether oxygens (including phenoxy) is 1. The number of fused-ring (bicyclic) bond motifs is 1. The van der Waals surface area contributed by atoms with E-state index in [4.69, 9.17) is 16.3 Å². The van der Waals surface area contributed by atoms with Crippen LogP contribution in [0, 0.1) is 0 Å². The molecule has 3 aromatic rings. The maximum absolute atomic E-state index is 12.1. The van der Waals surface area contributed by atoms with Crippen LogP contribution in [0.4, 0.5) is 9.59 Å². The number of hydrogen-bond donors (Lipinski definition) is 1. The number of pyridine rings is 1. The van der Waals surface area contributed by atoms with Crippen molar-refractivity contribution in [1.29, 1.82) is 0 Å². The van der Waals surface area contributed by atoms with Gasteiger partial charge in [0.2, 0.25) is 0 Å². The lowest BCUT2D eigenvalue weighted by molar-refractivity contribution is 0.0514. The van der Waals surface area contributed by atoms with E-state index in [2.05, 4.69) is 10.1 Å². The predicted molar refractivity (Wildman–Crippen MR) is 91.0 cm³/mol. The molecule has 0 atom stereocenters. The highest BCUT2D eigenvalue weighted by atomic mass is 35.5. The Morgan fingerprint density at radius 2 is 1.96 bits per heavy atom. The minimum absolute atomic E-state index is 0.184. The van der Waals surface area contributed by atoms with Crippen LogP contribution in [0.15, 0.2) is 30.7 Å². The van der Waals surface area contributed by atoms with Crippen molar-refractivity contribution in [2.45, 2.75) is 26.4 Å². The Bertz CT molecular complexity index is 984. The number of hydrogen-bond acceptors (Lipinski definition) is 5. The first kappa shape index (κ1) is 17.0. The third-order valence-electron chi connectivity index (χ3n) is 3.30. The molecule has 8 nitrogen and oxygen atoms in total. The highest BCUT2D eigenvalue weighted by Crippen LogP contribution is 2.29. The van der Waals surface area contributed by atoms with Gasteiger partial charge in [0, 0.05) is 29.4 Å². The maximum atomic E-state index is 12.1. The number of halogens is 1. The van der Waals surface area contributed by atoms with Crippen molar-refractivity contribution in [3.8, 4) is 11.3 Å². The Hall–Kier alpha value is -2.87. The van der Waals surface area contributed by atoms with Gasteiger partial charge in [-0.3, -0.25) is 0 Å². The summed E-state index contributed by atoms with van der Waals surface area (Å²) in [6.45, 7) is 5.23. The van der Waals surface area contributed by atoms with Crippen molar-refractivity contribution in [2.75, 3.05) is 0 Å². The summed E-state index contributed by atoms with van der Waals surface area (Å²) in [6.07, 6.45) is 2.46. The number of carbonyl (C=O) groups is 2. The standard InChI is InChI=1S/C16H15ClN4O4/c1-16(2,3)25-15(24)20-8-10(7-19-20)11-4-9-6-18-13(17)5-12(9)21(11)14(22)23/h4-8H,1-3H3,(H,22,23). The maximum Gasteiger partial charge on any atom is 0.435 e. The van der Waals surface area contributed by atoms with E-state index < -0.39 is 17.8 Å². The SMILES string of the molecule is CC(C)(C)OC(=O)n1cc(-c2cc3cnc(Cl)cc3n2C(=O)O)cn1. The van der Waals surface area contributed by atoms with Crippen molar-refractivity contribution in [3.05, 3.63) is 35.9 Å². The van der Waals surface area contributed by atoms with Crippen LogP contribution in [0.1, 0.15) is 20.8 Å². The zero-order valence-electron chi connectivity index (χ0n) is 13.7. The second-order valence-corrected chi connectivity index (χ2v) is 6.75. The number of nitrogens with zero attached hydrogens (tertiary/aromatic N) is 4. The Balaban J connectivity index is 2.07. The van der Waals surface area contributed by atoms with Gasteiger partial charge < -0.3 is 9.84 Å². The predicted octanol–water partition coefficient (Wildman–Crippen LogP) is 3.86. The van der Waals surface area contributed by atoms with Gasteiger partial charge in [0.05, 0.1) is 17.4 Å². The second kappa shape index (κ2) is 5.89. The molecule has 9 heteroatoms. The fourth-order valence-corrected chi connectivity index (χ4v) is 2.51. The summed E-state index contributed by atoms with van der Waals surface area (Å²) in [5.41, 5.74) is 0.524. The molecule has 25 heavy (non-hydrogen) atoms. The summed E-state index contributed by atoms with van der Waals surface area (Å²) in [5, 5.41) is 14.3. The average molecular weight is 363 g/mol. The summed E-state index contributed by atoms with van der Waals surface area (Å²) in [6, 6.07) is 3.11. The molecule has 0 spiro atoms. The summed E-state index contributed by atoms with van der Waals surface area (Å²) in [4.78, 5) is 27.7. The Kier molecular flexibility index (Phi) is 4.00. The van der Waals surface area contributed by atoms with Crippen LogP contribution < -0.4 is 0 Å². The molecule has 0 aliphatic carbocycles. The number of carbonyl (C=O) groups excluding carboxylic acids is 1. The quantitative estimate of drug-likeness (QED) is 0.660. The second-order valence-electron chi connectivity index (χ2n) is 6.37. The molecule has 0 radical (unpaired) electrons. The van der Waals surface area contributed by atoms with Crippen molar-refractivity contribution in [1.82, 2.24) is 19.3 Å². The third-order valence-corrected chi connectivity index (χ3v) is 3.51. The summed E-state index contributed by atoms with van der Waals surface area (Å²) in [5.74, 6) is 0. The Labute approximate surface area is 147 Å². The van der Waals surface area contributed by atoms with E-state index in [1.54, 1.807) is 26.8 Å². The van der Waals surface area contributed by atoms with Gasteiger partial charge in [0.25, 0.3) is 0 Å². The van der Waals surface area contributed by atoms with Crippen LogP contribution in [-0.4, -0.2) is 42.2 Å². The van der Waals surface area contributed by atoms with Crippen molar-refractivity contribution in [3.63, 3.8) is 0 Å². The molecule has 0 aliphatic rings. The van der Waals surface area contributed by atoms with E-state index in [0.29, 0.717) is 22.2 Å². The van der Waals surface area contributed by atoms with Crippen molar-refractivity contribution in [2.24, 2.45) is 0 Å². The van der Waals surface area contributed by atoms with Crippen LogP contribution >= 0.6 is 11.6 Å². The molecule has 0 unspecified atom stereocenters. The molecule has 3 rings (SSSR count). The first-order valence-corrected chi connectivity index (χ1v) is 7.72. The largest absolute Gasteiger partial charge is 0.464 e. The van der Waals surface area contributed by atoms with E-state index in [9.17, 15) is 14.7 Å². The molecule has 1 N–H and O–H groups in total. The van der Waals surface area contributed by atoms with Gasteiger partial charge >= 0.3 is 12.2 Å². The van der Waals surface area contributed by atoms with Crippen LogP contribution in [0.2, 0.25) is 5.15 Å². The van der Waals surface area contributed by atoms with E-state index in [1.807, 2.05) is 0 Å². The van der Waals surface area contributed by atoms with E-state index in [-0.39, 0.29) is 5.15 Å². The number of rotatable bonds is 1. The molecule has 0 bridgehead atoms. The fourth-order valence-electron chi connectivity index (χ4n) is 2.36. The van der Waals surface area contributed by atoms with Gasteiger partial charge in [-0.1, -0.05) is 11.6 Å². The van der Waals surface area contributed by atoms with Crippen LogP contribution in [-0.2, 0) is 4.74 Å². The zero-order chi connectivity index (χ0) is 18.4. The molecule has 0 aliphatic heterocycles. The highest BCUT2D eigenvalue weighted by molar-refractivity contribution is 6.30. The molecule has 130 valence electrons. The van der Waals surface area contributed by atoms with Gasteiger partial charge in [-0.2, -0.15) is 9.78 Å². The van der Waals surface area contributed by atoms with Gasteiger partial charge in [0.15, 0.2) is 0 Å². The van der Waals surface area contributed by atoms with Crippen LogP contribution in [0.5, 0.6) is 0 Å². The fraction of sp³-hybridized carbons (Fsp3) is 0.250. The monoisotopic (exact) mass is 362 g/mol. The Morgan fingerprint density at radius 3 is 2.60 bits per heavy atom. The number of carboxylic acid groups (broad SMARTS) is 1. The van der Waals surface area contributed by atoms with E-state index >= 15 is 0 Å². The highest BCUT2D eigenvalue weighted by Gasteiger charge is 2.21. The lowest BCUT2D eigenvalue weighted by atomic mass is 10.2. The zero-order valence-corrected chi connectivity index (χ0v) is 14.5. The smallest absolute Gasteiger partial charge is 0.435 e. The molecule has 0 fully saturated rings. The summed E-state index contributed by atoms with van der Waals surface area (Å²) >= 11 is 5.86. The molecule has 0 amide bonds. The first-order chi connectivity index (χ1) is 11.7. The topological polar surface area (TPSA) is 99.2 Å². The first-order valence-electron chi connectivity index (χ1n) is 7.34. The van der Waals surface area contributed by atoms with Gasteiger partial charge in [-0.15, -0.1) is 0 Å². The normalized spacial score (nSPS) is 11.7. The molecule has 0 aromatic carbocycles. The van der Waals surface area contributed by atoms with Crippen LogP contribution in [0.3, 0.4) is 0 Å². The summed E-state index contributed by atoms with van der Waals surface area (Å²) < 4.78 is 7.33. The lowest BCUT2D eigenvalue weighted by Gasteiger charge is -2.18. The number of aromatic nitrogens is 4. The third kappa shape index (κ3) is 3.34. The van der Waals surface area contributed by atoms with E-state index in [1.165, 1.54) is 24.7 Å². The minimum atomic E-state index is -1.18. The molecule has 3 aromatic heterocycles. The average Bonchev–Trinajstić information content (AvgIpc) is 3.08. The summed E-state index contributed by atoms with van der Waals surface area (Å²) in [7, 11) is 0. The van der Waals surface area contributed by atoms with Crippen molar-refractivity contribution >= 4 is 34.7 Å². The molecule has 3 heterocycles. The van der Waals surface area contributed by atoms with Crippen LogP contribution in [0.25, 0.3) is 22.2 Å². The molecule has 0 saturated heterocycles. The van der Waals surface area contributed by atoms with Crippen molar-refractivity contribution < 1.29 is 19.4 Å². The molecular formula is C16H15ClN4O4. The lowest BCUT2D eigenvalue weighted by Crippen LogP contribution is -2.27. The minimum Gasteiger partial charge on any atom is -0.464 e. The molecular weight excluding hydrogens is 348 g/mol. The van der Waals surface area contributed by atoms with E-state index in [0.717, 1.165) is 9.25 Å². The van der Waals surface area contributed by atoms with Gasteiger partial charge in [0.1, 0.15) is 10.8 Å². The van der Waals surface area contributed by atoms with Gasteiger partial charge in [-0.05, 0) is 26.8 Å².